The molecule has 0 unspecified atom stereocenters. The van der Waals surface area contributed by atoms with Crippen LogP contribution in [-0.2, 0) is 9.59 Å². The third-order valence-corrected chi connectivity index (χ3v) is 5.44. The fraction of sp³-hybridized carbons (Fsp3) is 0.500. The van der Waals surface area contributed by atoms with Crippen molar-refractivity contribution >= 4 is 35.2 Å². The van der Waals surface area contributed by atoms with Crippen LogP contribution in [0.3, 0.4) is 0 Å². The summed E-state index contributed by atoms with van der Waals surface area (Å²) >= 11 is 4.98. The van der Waals surface area contributed by atoms with E-state index in [0.717, 1.165) is 11.3 Å². The van der Waals surface area contributed by atoms with Crippen LogP contribution in [0.15, 0.2) is 11.6 Å². The van der Waals surface area contributed by atoms with Gasteiger partial charge < -0.3 is 4.57 Å². The average molecular weight is 345 g/mol. The number of hydrogen-bond acceptors (Lipinski definition) is 3. The minimum Gasteiger partial charge on any atom is -0.346 e. The maximum atomic E-state index is 12.4. The summed E-state index contributed by atoms with van der Waals surface area (Å²) in [5.74, 6) is -0.781. The number of thiocarbonyl (C=S) groups is 1. The van der Waals surface area contributed by atoms with Gasteiger partial charge in [-0.15, -0.1) is 0 Å². The van der Waals surface area contributed by atoms with Crippen molar-refractivity contribution in [1.29, 1.82) is 0 Å². The van der Waals surface area contributed by atoms with Gasteiger partial charge in [0.15, 0.2) is 5.11 Å². The summed E-state index contributed by atoms with van der Waals surface area (Å²) in [7, 11) is 1.57. The number of nitrogens with one attached hydrogen (secondary N) is 1. The van der Waals surface area contributed by atoms with Crippen molar-refractivity contribution in [2.75, 3.05) is 7.05 Å². The van der Waals surface area contributed by atoms with Gasteiger partial charge >= 0.3 is 0 Å². The van der Waals surface area contributed by atoms with Gasteiger partial charge in [0, 0.05) is 24.5 Å². The molecule has 2 amide bonds. The number of carbonyl (C=O) groups excluding carboxylic acids is 2. The lowest BCUT2D eigenvalue weighted by atomic mass is 9.95. The van der Waals surface area contributed by atoms with Crippen LogP contribution in [0, 0.1) is 13.8 Å². The summed E-state index contributed by atoms with van der Waals surface area (Å²) in [6, 6.07) is 2.58. The molecule has 1 aliphatic heterocycles. The molecule has 1 aromatic rings. The molecule has 128 valence electrons. The first kappa shape index (κ1) is 16.9. The van der Waals surface area contributed by atoms with Crippen molar-refractivity contribution in [1.82, 2.24) is 14.8 Å². The Morgan fingerprint density at radius 1 is 1.21 bits per heavy atom. The number of rotatable bonds is 2. The maximum absolute atomic E-state index is 12.4. The highest BCUT2D eigenvalue weighted by molar-refractivity contribution is 7.80. The Hall–Kier alpha value is -1.95. The van der Waals surface area contributed by atoms with Gasteiger partial charge in [-0.2, -0.15) is 0 Å². The molecule has 0 spiro atoms. The second-order valence-electron chi connectivity index (χ2n) is 6.67. The molecule has 0 bridgehead atoms. The van der Waals surface area contributed by atoms with E-state index in [1.54, 1.807) is 13.1 Å². The molecule has 2 fully saturated rings. The van der Waals surface area contributed by atoms with Gasteiger partial charge in [-0.3, -0.25) is 19.8 Å². The molecule has 1 N–H and O–H groups in total. The van der Waals surface area contributed by atoms with E-state index in [1.165, 1.54) is 42.7 Å². The first-order chi connectivity index (χ1) is 11.4. The molecule has 2 heterocycles. The molecular formula is C18H23N3O2S. The fourth-order valence-corrected chi connectivity index (χ4v) is 3.93. The fourth-order valence-electron chi connectivity index (χ4n) is 3.75. The van der Waals surface area contributed by atoms with Gasteiger partial charge in [-0.05, 0) is 56.6 Å². The highest BCUT2D eigenvalue weighted by atomic mass is 32.1. The maximum Gasteiger partial charge on any atom is 0.265 e. The van der Waals surface area contributed by atoms with E-state index in [4.69, 9.17) is 12.2 Å². The number of likely N-dealkylation sites (N-methyl/N-ethyl adjacent to an activating group) is 1. The normalized spacial score (nSPS) is 21.5. The molecule has 3 rings (SSSR count). The Kier molecular flexibility index (Phi) is 4.58. The number of nitrogens with zero attached hydrogens (tertiary/aromatic N) is 2. The molecule has 2 aliphatic rings. The summed E-state index contributed by atoms with van der Waals surface area (Å²) in [5.41, 5.74) is 3.36. The van der Waals surface area contributed by atoms with Gasteiger partial charge in [-0.25, -0.2) is 0 Å². The van der Waals surface area contributed by atoms with Crippen molar-refractivity contribution in [2.24, 2.45) is 0 Å². The van der Waals surface area contributed by atoms with E-state index in [2.05, 4.69) is 29.8 Å². The van der Waals surface area contributed by atoms with Crippen molar-refractivity contribution in [2.45, 2.75) is 52.0 Å². The SMILES string of the molecule is Cc1cc(/C=C2/C(=O)NC(=S)N(C)C2=O)c(C)n1C1CCCCC1. The minimum atomic E-state index is -0.425. The third kappa shape index (κ3) is 2.90. The van der Waals surface area contributed by atoms with E-state index < -0.39 is 5.91 Å². The van der Waals surface area contributed by atoms with Crippen LogP contribution in [0.2, 0.25) is 0 Å². The lowest BCUT2D eigenvalue weighted by molar-refractivity contribution is -0.128. The van der Waals surface area contributed by atoms with Gasteiger partial charge in [0.1, 0.15) is 5.57 Å². The summed E-state index contributed by atoms with van der Waals surface area (Å²) in [6.07, 6.45) is 7.93. The number of aryl methyl sites for hydroxylation is 1. The Morgan fingerprint density at radius 3 is 2.54 bits per heavy atom. The zero-order chi connectivity index (χ0) is 17.4. The largest absolute Gasteiger partial charge is 0.346 e. The molecule has 0 aromatic carbocycles. The molecular weight excluding hydrogens is 322 g/mol. The Morgan fingerprint density at radius 2 is 1.88 bits per heavy atom. The minimum absolute atomic E-state index is 0.134. The average Bonchev–Trinajstić information content (AvgIpc) is 2.84. The topological polar surface area (TPSA) is 54.3 Å². The van der Waals surface area contributed by atoms with Crippen molar-refractivity contribution in [3.05, 3.63) is 28.6 Å². The van der Waals surface area contributed by atoms with Crippen LogP contribution < -0.4 is 5.32 Å². The third-order valence-electron chi connectivity index (χ3n) is 5.07. The van der Waals surface area contributed by atoms with E-state index in [9.17, 15) is 9.59 Å². The zero-order valence-corrected chi connectivity index (χ0v) is 15.2. The Labute approximate surface area is 147 Å². The molecule has 0 atom stereocenters. The van der Waals surface area contributed by atoms with Crippen LogP contribution in [0.5, 0.6) is 0 Å². The molecule has 1 aromatic heterocycles. The van der Waals surface area contributed by atoms with E-state index in [-0.39, 0.29) is 16.6 Å². The summed E-state index contributed by atoms with van der Waals surface area (Å²) in [5, 5.41) is 2.70. The number of carbonyl (C=O) groups is 2. The van der Waals surface area contributed by atoms with Crippen molar-refractivity contribution in [3.63, 3.8) is 0 Å². The van der Waals surface area contributed by atoms with Gasteiger partial charge in [-0.1, -0.05) is 19.3 Å². The summed E-state index contributed by atoms with van der Waals surface area (Å²) in [6.45, 7) is 4.15. The monoisotopic (exact) mass is 345 g/mol. The zero-order valence-electron chi connectivity index (χ0n) is 14.4. The predicted molar refractivity (Wildman–Crippen MR) is 97.5 cm³/mol. The molecule has 1 saturated carbocycles. The molecule has 24 heavy (non-hydrogen) atoms. The quantitative estimate of drug-likeness (QED) is 0.509. The molecule has 6 heteroatoms. The molecule has 5 nitrogen and oxygen atoms in total. The van der Waals surface area contributed by atoms with Gasteiger partial charge in [0.05, 0.1) is 0 Å². The van der Waals surface area contributed by atoms with Crippen LogP contribution in [0.1, 0.15) is 55.1 Å². The Bertz CT molecular complexity index is 742. The first-order valence-electron chi connectivity index (χ1n) is 8.43. The number of hydrogen-bond donors (Lipinski definition) is 1. The predicted octanol–water partition coefficient (Wildman–Crippen LogP) is 2.87. The summed E-state index contributed by atoms with van der Waals surface area (Å²) in [4.78, 5) is 25.8. The smallest absolute Gasteiger partial charge is 0.265 e. The van der Waals surface area contributed by atoms with Crippen LogP contribution in [0.4, 0.5) is 0 Å². The van der Waals surface area contributed by atoms with E-state index >= 15 is 0 Å². The standard InChI is InChI=1S/C18H23N3O2S/c1-11-9-13(12(2)21(11)14-7-5-4-6-8-14)10-15-16(22)19-18(24)20(3)17(15)23/h9-10,14H,4-8H2,1-3H3,(H,19,22,24)/b15-10-. The second kappa shape index (κ2) is 6.51. The van der Waals surface area contributed by atoms with Gasteiger partial charge in [0.2, 0.25) is 0 Å². The Balaban J connectivity index is 1.97. The second-order valence-corrected chi connectivity index (χ2v) is 7.06. The van der Waals surface area contributed by atoms with E-state index in [1.807, 2.05) is 0 Å². The lowest BCUT2D eigenvalue weighted by Gasteiger charge is -2.26. The number of amides is 2. The lowest BCUT2D eigenvalue weighted by Crippen LogP contribution is -2.52. The highest BCUT2D eigenvalue weighted by Crippen LogP contribution is 2.32. The van der Waals surface area contributed by atoms with Crippen LogP contribution in [-0.4, -0.2) is 33.4 Å². The highest BCUT2D eigenvalue weighted by Gasteiger charge is 2.31. The van der Waals surface area contributed by atoms with E-state index in [0.29, 0.717) is 6.04 Å². The van der Waals surface area contributed by atoms with Crippen molar-refractivity contribution in [3.8, 4) is 0 Å². The molecule has 0 radical (unpaired) electrons. The van der Waals surface area contributed by atoms with Crippen LogP contribution >= 0.6 is 12.2 Å². The molecule has 1 aliphatic carbocycles. The van der Waals surface area contributed by atoms with Gasteiger partial charge in [0.25, 0.3) is 11.8 Å². The van der Waals surface area contributed by atoms with Crippen LogP contribution in [0.25, 0.3) is 6.08 Å². The first-order valence-corrected chi connectivity index (χ1v) is 8.84. The number of aromatic nitrogens is 1. The van der Waals surface area contributed by atoms with Crippen molar-refractivity contribution < 1.29 is 9.59 Å². The summed E-state index contributed by atoms with van der Waals surface area (Å²) < 4.78 is 2.37. The molecule has 1 saturated heterocycles.